The van der Waals surface area contributed by atoms with Crippen molar-refractivity contribution in [1.82, 2.24) is 10.3 Å². The Kier molecular flexibility index (Phi) is 2.45. The van der Waals surface area contributed by atoms with Crippen LogP contribution in [0.4, 0.5) is 0 Å². The van der Waals surface area contributed by atoms with Crippen LogP contribution in [0.3, 0.4) is 0 Å². The van der Waals surface area contributed by atoms with Gasteiger partial charge in [-0.25, -0.2) is 4.98 Å². The summed E-state index contributed by atoms with van der Waals surface area (Å²) in [5.41, 5.74) is 1.02. The van der Waals surface area contributed by atoms with Gasteiger partial charge in [0.2, 0.25) is 0 Å². The van der Waals surface area contributed by atoms with E-state index in [0.29, 0.717) is 0 Å². The maximum atomic E-state index is 5.12. The minimum Gasteiger partial charge on any atom is -0.448 e. The maximum absolute atomic E-state index is 5.12. The van der Waals surface area contributed by atoms with Crippen molar-refractivity contribution >= 4 is 0 Å². The molecule has 0 saturated heterocycles. The second-order valence-electron chi connectivity index (χ2n) is 2.11. The van der Waals surface area contributed by atoms with E-state index in [4.69, 9.17) is 4.42 Å². The standard InChI is InChI=1S/C7H12N2O/c1-3-7-6(4-8-2)9-5-10-7/h5,8H,3-4H2,1-2H3. The van der Waals surface area contributed by atoms with Crippen molar-refractivity contribution in [3.63, 3.8) is 0 Å². The van der Waals surface area contributed by atoms with Crippen LogP contribution in [0, 0.1) is 0 Å². The van der Waals surface area contributed by atoms with Crippen LogP contribution < -0.4 is 5.32 Å². The molecule has 0 spiro atoms. The number of rotatable bonds is 3. The first kappa shape index (κ1) is 7.28. The summed E-state index contributed by atoms with van der Waals surface area (Å²) in [7, 11) is 1.90. The van der Waals surface area contributed by atoms with E-state index in [1.54, 1.807) is 0 Å². The molecule has 1 aromatic rings. The molecule has 0 aliphatic rings. The molecule has 0 fully saturated rings. The van der Waals surface area contributed by atoms with Gasteiger partial charge in [0, 0.05) is 13.0 Å². The summed E-state index contributed by atoms with van der Waals surface area (Å²) in [5.74, 6) is 0.981. The Morgan fingerprint density at radius 2 is 2.50 bits per heavy atom. The van der Waals surface area contributed by atoms with E-state index in [1.807, 2.05) is 7.05 Å². The molecular weight excluding hydrogens is 128 g/mol. The van der Waals surface area contributed by atoms with E-state index in [-0.39, 0.29) is 0 Å². The molecule has 0 atom stereocenters. The number of hydrogen-bond donors (Lipinski definition) is 1. The van der Waals surface area contributed by atoms with Gasteiger partial charge in [-0.3, -0.25) is 0 Å². The molecule has 0 bridgehead atoms. The van der Waals surface area contributed by atoms with Crippen molar-refractivity contribution in [1.29, 1.82) is 0 Å². The fourth-order valence-electron chi connectivity index (χ4n) is 0.893. The predicted molar refractivity (Wildman–Crippen MR) is 38.6 cm³/mol. The Hall–Kier alpha value is -0.830. The number of aromatic nitrogens is 1. The zero-order chi connectivity index (χ0) is 7.40. The smallest absolute Gasteiger partial charge is 0.181 e. The molecule has 1 heterocycles. The van der Waals surface area contributed by atoms with E-state index in [2.05, 4.69) is 17.2 Å². The first-order valence-electron chi connectivity index (χ1n) is 3.44. The fourth-order valence-corrected chi connectivity index (χ4v) is 0.893. The summed E-state index contributed by atoms with van der Waals surface area (Å²) in [6.07, 6.45) is 2.41. The Labute approximate surface area is 60.5 Å². The quantitative estimate of drug-likeness (QED) is 0.679. The van der Waals surface area contributed by atoms with Gasteiger partial charge in [0.25, 0.3) is 0 Å². The highest BCUT2D eigenvalue weighted by Crippen LogP contribution is 2.05. The molecule has 56 valence electrons. The SMILES string of the molecule is CCc1ocnc1CNC. The van der Waals surface area contributed by atoms with E-state index in [9.17, 15) is 0 Å². The van der Waals surface area contributed by atoms with E-state index >= 15 is 0 Å². The zero-order valence-electron chi connectivity index (χ0n) is 6.35. The maximum Gasteiger partial charge on any atom is 0.181 e. The second-order valence-corrected chi connectivity index (χ2v) is 2.11. The predicted octanol–water partition coefficient (Wildman–Crippen LogP) is 0.956. The molecule has 0 radical (unpaired) electrons. The van der Waals surface area contributed by atoms with Gasteiger partial charge < -0.3 is 9.73 Å². The van der Waals surface area contributed by atoms with E-state index < -0.39 is 0 Å². The van der Waals surface area contributed by atoms with Crippen molar-refractivity contribution in [3.8, 4) is 0 Å². The topological polar surface area (TPSA) is 38.1 Å². The third-order valence-electron chi connectivity index (χ3n) is 1.39. The highest BCUT2D eigenvalue weighted by molar-refractivity contribution is 5.06. The van der Waals surface area contributed by atoms with Crippen LogP contribution >= 0.6 is 0 Å². The first-order chi connectivity index (χ1) is 4.88. The summed E-state index contributed by atoms with van der Waals surface area (Å²) in [5, 5.41) is 3.02. The second kappa shape index (κ2) is 3.37. The number of oxazole rings is 1. The summed E-state index contributed by atoms with van der Waals surface area (Å²) >= 11 is 0. The van der Waals surface area contributed by atoms with Gasteiger partial charge in [-0.05, 0) is 7.05 Å². The fraction of sp³-hybridized carbons (Fsp3) is 0.571. The van der Waals surface area contributed by atoms with Crippen LogP contribution in [0.2, 0.25) is 0 Å². The largest absolute Gasteiger partial charge is 0.448 e. The van der Waals surface area contributed by atoms with Crippen LogP contribution in [0.5, 0.6) is 0 Å². The van der Waals surface area contributed by atoms with E-state index in [1.165, 1.54) is 6.39 Å². The number of nitrogens with zero attached hydrogens (tertiary/aromatic N) is 1. The van der Waals surface area contributed by atoms with Gasteiger partial charge >= 0.3 is 0 Å². The Morgan fingerprint density at radius 3 is 3.10 bits per heavy atom. The molecule has 1 N–H and O–H groups in total. The molecule has 1 aromatic heterocycles. The molecule has 0 amide bonds. The van der Waals surface area contributed by atoms with Crippen LogP contribution in [0.15, 0.2) is 10.8 Å². The van der Waals surface area contributed by atoms with Crippen LogP contribution in [0.1, 0.15) is 18.4 Å². The van der Waals surface area contributed by atoms with Crippen LogP contribution in [-0.4, -0.2) is 12.0 Å². The highest BCUT2D eigenvalue weighted by atomic mass is 16.3. The van der Waals surface area contributed by atoms with Gasteiger partial charge in [0.1, 0.15) is 5.76 Å². The minimum atomic E-state index is 0.791. The number of nitrogens with one attached hydrogen (secondary N) is 1. The van der Waals surface area contributed by atoms with Gasteiger partial charge in [0.15, 0.2) is 6.39 Å². The average molecular weight is 140 g/mol. The van der Waals surface area contributed by atoms with E-state index in [0.717, 1.165) is 24.4 Å². The first-order valence-corrected chi connectivity index (χ1v) is 3.44. The molecule has 3 heteroatoms. The molecule has 1 rings (SSSR count). The highest BCUT2D eigenvalue weighted by Gasteiger charge is 2.02. The summed E-state index contributed by atoms with van der Waals surface area (Å²) < 4.78 is 5.12. The lowest BCUT2D eigenvalue weighted by Crippen LogP contribution is -2.06. The number of hydrogen-bond acceptors (Lipinski definition) is 3. The normalized spacial score (nSPS) is 10.2. The lowest BCUT2D eigenvalue weighted by molar-refractivity contribution is 0.505. The molecule has 0 unspecified atom stereocenters. The molecule has 0 aromatic carbocycles. The Morgan fingerprint density at radius 1 is 1.70 bits per heavy atom. The summed E-state index contributed by atoms with van der Waals surface area (Å²) in [4.78, 5) is 4.05. The molecular formula is C7H12N2O. The Balaban J connectivity index is 2.70. The molecule has 3 nitrogen and oxygen atoms in total. The monoisotopic (exact) mass is 140 g/mol. The van der Waals surface area contributed by atoms with Crippen molar-refractivity contribution < 1.29 is 4.42 Å². The molecule has 0 aliphatic heterocycles. The lowest BCUT2D eigenvalue weighted by Gasteiger charge is -1.94. The number of aryl methyl sites for hydroxylation is 1. The third kappa shape index (κ3) is 1.36. The molecule has 10 heavy (non-hydrogen) atoms. The van der Waals surface area contributed by atoms with Crippen LogP contribution in [0.25, 0.3) is 0 Å². The van der Waals surface area contributed by atoms with Gasteiger partial charge in [0.05, 0.1) is 5.69 Å². The van der Waals surface area contributed by atoms with Gasteiger partial charge in [-0.15, -0.1) is 0 Å². The van der Waals surface area contributed by atoms with Crippen molar-refractivity contribution in [3.05, 3.63) is 17.8 Å². The molecule has 0 aliphatic carbocycles. The van der Waals surface area contributed by atoms with Crippen molar-refractivity contribution in [2.24, 2.45) is 0 Å². The third-order valence-corrected chi connectivity index (χ3v) is 1.39. The molecule has 0 saturated carbocycles. The van der Waals surface area contributed by atoms with Crippen LogP contribution in [-0.2, 0) is 13.0 Å². The van der Waals surface area contributed by atoms with Crippen molar-refractivity contribution in [2.45, 2.75) is 19.9 Å². The summed E-state index contributed by atoms with van der Waals surface area (Å²) in [6, 6.07) is 0. The van der Waals surface area contributed by atoms with Gasteiger partial charge in [-0.2, -0.15) is 0 Å². The van der Waals surface area contributed by atoms with Gasteiger partial charge in [-0.1, -0.05) is 6.92 Å². The van der Waals surface area contributed by atoms with Crippen molar-refractivity contribution in [2.75, 3.05) is 7.05 Å². The average Bonchev–Trinajstić information content (AvgIpc) is 2.36. The zero-order valence-corrected chi connectivity index (χ0v) is 6.35. The Bertz CT molecular complexity index is 195. The lowest BCUT2D eigenvalue weighted by atomic mass is 10.3. The minimum absolute atomic E-state index is 0.791. The summed E-state index contributed by atoms with van der Waals surface area (Å²) in [6.45, 7) is 2.85.